The lowest BCUT2D eigenvalue weighted by molar-refractivity contribution is -0.0493. The van der Waals surface area contributed by atoms with Crippen LogP contribution >= 0.6 is 0 Å². The maximum Gasteiger partial charge on any atom is 0.409 e. The van der Waals surface area contributed by atoms with E-state index < -0.39 is 29.9 Å². The summed E-state index contributed by atoms with van der Waals surface area (Å²) in [7, 11) is 0. The molecule has 0 unspecified atom stereocenters. The average Bonchev–Trinajstić information content (AvgIpc) is 2.29. The number of rotatable bonds is 8. The monoisotopic (exact) mass is 305 g/mol. The van der Waals surface area contributed by atoms with Gasteiger partial charge in [0, 0.05) is 6.61 Å². The van der Waals surface area contributed by atoms with Gasteiger partial charge in [-0.3, -0.25) is 5.32 Å². The number of ether oxygens (including phenoxy) is 2. The standard InChI is InChI=1S/C15H28FNO4/c1-14(2,3)21-13(19)17-15(4,5)20-10-8-6-7-9-12(16)11-18/h9,18H,6-8,10-11H2,1-5H3,(H,17,19)/b12-9-. The molecule has 2 N–H and O–H groups in total. The van der Waals surface area contributed by atoms with Crippen molar-refractivity contribution in [1.82, 2.24) is 5.32 Å². The van der Waals surface area contributed by atoms with Crippen LogP contribution in [0.1, 0.15) is 53.9 Å². The van der Waals surface area contributed by atoms with Crippen molar-refractivity contribution in [3.8, 4) is 0 Å². The second-order valence-corrected chi connectivity index (χ2v) is 6.29. The Kier molecular flexibility index (Phi) is 8.51. The number of unbranched alkanes of at least 4 members (excludes halogenated alkanes) is 2. The number of allylic oxidation sites excluding steroid dienone is 1. The number of aliphatic hydroxyl groups is 1. The van der Waals surface area contributed by atoms with Gasteiger partial charge in [0.1, 0.15) is 17.2 Å². The lowest BCUT2D eigenvalue weighted by Gasteiger charge is -2.28. The molecule has 0 aliphatic heterocycles. The van der Waals surface area contributed by atoms with E-state index in [1.54, 1.807) is 34.6 Å². The Balaban J connectivity index is 3.90. The summed E-state index contributed by atoms with van der Waals surface area (Å²) < 4.78 is 23.4. The maximum atomic E-state index is 12.6. The van der Waals surface area contributed by atoms with Crippen molar-refractivity contribution in [2.24, 2.45) is 0 Å². The zero-order valence-corrected chi connectivity index (χ0v) is 13.7. The Bertz CT molecular complexity index is 348. The fourth-order valence-electron chi connectivity index (χ4n) is 1.48. The third-order valence-corrected chi connectivity index (χ3v) is 2.38. The molecule has 0 aliphatic rings. The second kappa shape index (κ2) is 9.00. The minimum absolute atomic E-state index is 0.442. The molecule has 0 aromatic heterocycles. The highest BCUT2D eigenvalue weighted by Gasteiger charge is 2.24. The van der Waals surface area contributed by atoms with Gasteiger partial charge in [-0.1, -0.05) is 6.08 Å². The number of alkyl carbamates (subject to hydrolysis) is 1. The van der Waals surface area contributed by atoms with Gasteiger partial charge in [0.15, 0.2) is 0 Å². The van der Waals surface area contributed by atoms with Crippen LogP contribution in [0.5, 0.6) is 0 Å². The number of nitrogens with one attached hydrogen (secondary N) is 1. The summed E-state index contributed by atoms with van der Waals surface area (Å²) in [5.41, 5.74) is -1.38. The van der Waals surface area contributed by atoms with Crippen molar-refractivity contribution < 1.29 is 23.8 Å². The highest BCUT2D eigenvalue weighted by atomic mass is 19.1. The van der Waals surface area contributed by atoms with E-state index in [4.69, 9.17) is 14.6 Å². The van der Waals surface area contributed by atoms with Crippen molar-refractivity contribution in [1.29, 1.82) is 0 Å². The number of carbonyl (C=O) groups is 1. The van der Waals surface area contributed by atoms with E-state index in [0.717, 1.165) is 12.8 Å². The average molecular weight is 305 g/mol. The molecule has 0 aromatic carbocycles. The van der Waals surface area contributed by atoms with Crippen LogP contribution in [0, 0.1) is 0 Å². The van der Waals surface area contributed by atoms with Crippen LogP contribution < -0.4 is 5.32 Å². The molecule has 0 bridgehead atoms. The number of hydrogen-bond acceptors (Lipinski definition) is 4. The maximum absolute atomic E-state index is 12.6. The molecule has 0 saturated carbocycles. The number of amides is 1. The molecule has 0 rings (SSSR count). The van der Waals surface area contributed by atoms with Crippen molar-refractivity contribution >= 4 is 6.09 Å². The van der Waals surface area contributed by atoms with Gasteiger partial charge >= 0.3 is 6.09 Å². The smallest absolute Gasteiger partial charge is 0.409 e. The Morgan fingerprint density at radius 1 is 1.24 bits per heavy atom. The first-order valence-electron chi connectivity index (χ1n) is 7.16. The molecule has 0 heterocycles. The largest absolute Gasteiger partial charge is 0.444 e. The van der Waals surface area contributed by atoms with Crippen LogP contribution in [-0.2, 0) is 9.47 Å². The molecule has 0 fully saturated rings. The lowest BCUT2D eigenvalue weighted by atomic mass is 10.2. The molecule has 124 valence electrons. The van der Waals surface area contributed by atoms with Crippen LogP contribution in [0.4, 0.5) is 9.18 Å². The minimum atomic E-state index is -0.825. The van der Waals surface area contributed by atoms with E-state index in [1.165, 1.54) is 6.08 Å². The molecular formula is C15H28FNO4. The van der Waals surface area contributed by atoms with Gasteiger partial charge in [0.25, 0.3) is 0 Å². The van der Waals surface area contributed by atoms with E-state index in [2.05, 4.69) is 5.32 Å². The van der Waals surface area contributed by atoms with E-state index >= 15 is 0 Å². The molecule has 21 heavy (non-hydrogen) atoms. The Hall–Kier alpha value is -1.14. The molecule has 0 atom stereocenters. The molecule has 0 radical (unpaired) electrons. The SMILES string of the molecule is CC(C)(C)OC(=O)NC(C)(C)OCCCC/C=C(\F)CO. The van der Waals surface area contributed by atoms with Crippen LogP contribution in [-0.4, -0.2) is 35.7 Å². The van der Waals surface area contributed by atoms with E-state index in [0.29, 0.717) is 13.0 Å². The van der Waals surface area contributed by atoms with Gasteiger partial charge in [-0.2, -0.15) is 0 Å². The topological polar surface area (TPSA) is 67.8 Å². The first-order chi connectivity index (χ1) is 9.56. The molecule has 5 nitrogen and oxygen atoms in total. The summed E-state index contributed by atoms with van der Waals surface area (Å²) in [4.78, 5) is 11.6. The number of hydrogen-bond donors (Lipinski definition) is 2. The highest BCUT2D eigenvalue weighted by Crippen LogP contribution is 2.11. The van der Waals surface area contributed by atoms with Gasteiger partial charge < -0.3 is 14.6 Å². The van der Waals surface area contributed by atoms with Gasteiger partial charge in [0.05, 0.1) is 6.61 Å². The Morgan fingerprint density at radius 2 is 1.86 bits per heavy atom. The summed E-state index contributed by atoms with van der Waals surface area (Å²) in [5.74, 6) is -0.511. The van der Waals surface area contributed by atoms with Crippen molar-refractivity contribution in [3.63, 3.8) is 0 Å². The second-order valence-electron chi connectivity index (χ2n) is 6.29. The summed E-state index contributed by atoms with van der Waals surface area (Å²) >= 11 is 0. The lowest BCUT2D eigenvalue weighted by Crippen LogP contribution is -2.47. The van der Waals surface area contributed by atoms with Crippen LogP contribution in [0.15, 0.2) is 11.9 Å². The first-order valence-corrected chi connectivity index (χ1v) is 7.16. The van der Waals surface area contributed by atoms with E-state index in [-0.39, 0.29) is 0 Å². The van der Waals surface area contributed by atoms with Crippen molar-refractivity contribution in [2.75, 3.05) is 13.2 Å². The van der Waals surface area contributed by atoms with Crippen molar-refractivity contribution in [2.45, 2.75) is 65.2 Å². The Morgan fingerprint density at radius 3 is 2.38 bits per heavy atom. The summed E-state index contributed by atoms with van der Waals surface area (Å²) in [6.45, 7) is 8.74. The number of halogens is 1. The zero-order chi connectivity index (χ0) is 16.5. The normalized spacial score (nSPS) is 13.2. The molecule has 0 aromatic rings. The van der Waals surface area contributed by atoms with E-state index in [1.807, 2.05) is 0 Å². The summed E-state index contributed by atoms with van der Waals surface area (Å²) in [6.07, 6.45) is 2.87. The van der Waals surface area contributed by atoms with Gasteiger partial charge in [-0.15, -0.1) is 0 Å². The van der Waals surface area contributed by atoms with Gasteiger partial charge in [-0.25, -0.2) is 9.18 Å². The Labute approximate surface area is 126 Å². The number of aliphatic hydroxyl groups excluding tert-OH is 1. The molecule has 0 spiro atoms. The fourth-order valence-corrected chi connectivity index (χ4v) is 1.48. The highest BCUT2D eigenvalue weighted by molar-refractivity contribution is 5.68. The quantitative estimate of drug-likeness (QED) is 0.533. The predicted molar refractivity (Wildman–Crippen MR) is 79.5 cm³/mol. The van der Waals surface area contributed by atoms with Gasteiger partial charge in [-0.05, 0) is 53.9 Å². The first kappa shape index (κ1) is 19.9. The van der Waals surface area contributed by atoms with Crippen LogP contribution in [0.2, 0.25) is 0 Å². The molecule has 0 saturated heterocycles. The van der Waals surface area contributed by atoms with Crippen LogP contribution in [0.25, 0.3) is 0 Å². The summed E-state index contributed by atoms with van der Waals surface area (Å²) in [5, 5.41) is 11.1. The summed E-state index contributed by atoms with van der Waals surface area (Å²) in [6, 6.07) is 0. The molecule has 6 heteroatoms. The third-order valence-electron chi connectivity index (χ3n) is 2.38. The van der Waals surface area contributed by atoms with Crippen LogP contribution in [0.3, 0.4) is 0 Å². The van der Waals surface area contributed by atoms with Gasteiger partial charge in [0.2, 0.25) is 0 Å². The third kappa shape index (κ3) is 12.3. The minimum Gasteiger partial charge on any atom is -0.444 e. The molecular weight excluding hydrogens is 277 g/mol. The molecule has 1 amide bonds. The van der Waals surface area contributed by atoms with E-state index in [9.17, 15) is 9.18 Å². The number of carbonyl (C=O) groups excluding carboxylic acids is 1. The van der Waals surface area contributed by atoms with Crippen molar-refractivity contribution in [3.05, 3.63) is 11.9 Å². The predicted octanol–water partition coefficient (Wildman–Crippen LogP) is 3.28. The fraction of sp³-hybridized carbons (Fsp3) is 0.800. The zero-order valence-electron chi connectivity index (χ0n) is 13.7. The molecule has 0 aliphatic carbocycles.